The fourth-order valence-electron chi connectivity index (χ4n) is 8.13. The highest BCUT2D eigenvalue weighted by molar-refractivity contribution is 6.33. The van der Waals surface area contributed by atoms with Gasteiger partial charge in [-0.15, -0.1) is 0 Å². The van der Waals surface area contributed by atoms with E-state index in [2.05, 4.69) is 124 Å². The number of rotatable bonds is 3. The van der Waals surface area contributed by atoms with Gasteiger partial charge in [0, 0.05) is 32.8 Å². The maximum atomic E-state index is 6.85. The SMILES string of the molecule is Clc1ccccc1-c1nc2ccccc2nc1-n1c2ccccc2c2cc(-n3c4ccc5ccccc5c4c4c5ccccc5ccc43)ccc21. The van der Waals surface area contributed by atoms with E-state index in [-0.39, 0.29) is 0 Å². The van der Waals surface area contributed by atoms with E-state index < -0.39 is 0 Å². The second kappa shape index (κ2) is 10.8. The molecule has 3 heterocycles. The summed E-state index contributed by atoms with van der Waals surface area (Å²) in [5.41, 5.74) is 8.82. The van der Waals surface area contributed by atoms with Crippen molar-refractivity contribution in [3.8, 4) is 22.8 Å². The predicted molar refractivity (Wildman–Crippen MR) is 214 cm³/mol. The molecule has 0 unspecified atom stereocenters. The molecular formula is C46H27ClN4. The van der Waals surface area contributed by atoms with E-state index in [0.717, 1.165) is 55.6 Å². The van der Waals surface area contributed by atoms with Crippen LogP contribution in [-0.2, 0) is 0 Å². The van der Waals surface area contributed by atoms with Gasteiger partial charge in [-0.3, -0.25) is 4.57 Å². The zero-order valence-electron chi connectivity index (χ0n) is 27.3. The van der Waals surface area contributed by atoms with Gasteiger partial charge in [-0.1, -0.05) is 121 Å². The van der Waals surface area contributed by atoms with Crippen molar-refractivity contribution in [1.82, 2.24) is 19.1 Å². The van der Waals surface area contributed by atoms with Gasteiger partial charge in [-0.25, -0.2) is 9.97 Å². The average molecular weight is 671 g/mol. The number of benzene rings is 8. The normalized spacial score (nSPS) is 12.0. The Morgan fingerprint density at radius 2 is 0.961 bits per heavy atom. The lowest BCUT2D eigenvalue weighted by Gasteiger charge is -2.15. The first-order chi connectivity index (χ1) is 25.2. The van der Waals surface area contributed by atoms with Gasteiger partial charge >= 0.3 is 0 Å². The van der Waals surface area contributed by atoms with Gasteiger partial charge in [0.1, 0.15) is 5.69 Å². The van der Waals surface area contributed by atoms with E-state index in [9.17, 15) is 0 Å². The minimum absolute atomic E-state index is 0.637. The summed E-state index contributed by atoms with van der Waals surface area (Å²) in [6.45, 7) is 0. The first kappa shape index (κ1) is 28.4. The van der Waals surface area contributed by atoms with Gasteiger partial charge in [0.2, 0.25) is 0 Å². The average Bonchev–Trinajstić information content (AvgIpc) is 3.71. The highest BCUT2D eigenvalue weighted by Crippen LogP contribution is 2.42. The van der Waals surface area contributed by atoms with Crippen LogP contribution in [0.25, 0.3) is 99.0 Å². The maximum absolute atomic E-state index is 6.85. The summed E-state index contributed by atoms with van der Waals surface area (Å²) in [4.78, 5) is 10.5. The number of halogens is 1. The standard InChI is InChI=1S/C46H27ClN4/c47-36-17-7-5-16-34(36)45-46(49-38-19-9-8-18-37(38)48-45)51-39-20-10-6-15-33(39)35-27-30(23-26-40(35)51)50-41-24-21-28-11-1-3-13-31(28)43(41)44-32-14-4-2-12-29(32)22-25-42(44)50/h1-27H. The third kappa shape index (κ3) is 4.08. The van der Waals surface area contributed by atoms with Crippen molar-refractivity contribution in [2.24, 2.45) is 0 Å². The van der Waals surface area contributed by atoms with Crippen LogP contribution in [0.2, 0.25) is 5.02 Å². The third-order valence-electron chi connectivity index (χ3n) is 10.4. The zero-order chi connectivity index (χ0) is 33.6. The molecule has 4 nitrogen and oxygen atoms in total. The molecule has 11 rings (SSSR count). The van der Waals surface area contributed by atoms with Gasteiger partial charge in [-0.05, 0) is 76.1 Å². The summed E-state index contributed by atoms with van der Waals surface area (Å²) < 4.78 is 4.68. The topological polar surface area (TPSA) is 35.6 Å². The Labute approximate surface area is 297 Å². The molecule has 0 N–H and O–H groups in total. The summed E-state index contributed by atoms with van der Waals surface area (Å²) in [6.07, 6.45) is 0. The maximum Gasteiger partial charge on any atom is 0.165 e. The number of hydrogen-bond acceptors (Lipinski definition) is 2. The second-order valence-corrected chi connectivity index (χ2v) is 13.5. The van der Waals surface area contributed by atoms with Crippen LogP contribution in [0.15, 0.2) is 164 Å². The van der Waals surface area contributed by atoms with Crippen LogP contribution in [0, 0.1) is 0 Å². The molecule has 0 saturated carbocycles. The van der Waals surface area contributed by atoms with E-state index in [1.807, 2.05) is 48.5 Å². The van der Waals surface area contributed by atoms with Crippen molar-refractivity contribution < 1.29 is 0 Å². The van der Waals surface area contributed by atoms with Crippen LogP contribution in [0.3, 0.4) is 0 Å². The van der Waals surface area contributed by atoms with Crippen LogP contribution >= 0.6 is 11.6 Å². The molecule has 8 aromatic carbocycles. The molecule has 0 saturated heterocycles. The molecule has 0 fully saturated rings. The van der Waals surface area contributed by atoms with Gasteiger partial charge in [0.15, 0.2) is 5.82 Å². The van der Waals surface area contributed by atoms with Crippen molar-refractivity contribution in [2.75, 3.05) is 0 Å². The molecule has 0 aliphatic carbocycles. The Kier molecular flexibility index (Phi) is 5.98. The molecule has 238 valence electrons. The lowest BCUT2D eigenvalue weighted by atomic mass is 10.00. The quantitative estimate of drug-likeness (QED) is 0.187. The number of fused-ring (bicyclic) bond motifs is 11. The largest absolute Gasteiger partial charge is 0.309 e. The Balaban J connectivity index is 1.24. The van der Waals surface area contributed by atoms with Crippen molar-refractivity contribution in [2.45, 2.75) is 0 Å². The molecule has 5 heteroatoms. The molecule has 0 atom stereocenters. The van der Waals surface area contributed by atoms with Gasteiger partial charge < -0.3 is 4.57 Å². The molecule has 0 amide bonds. The number of nitrogens with zero attached hydrogens (tertiary/aromatic N) is 4. The molecule has 0 radical (unpaired) electrons. The minimum Gasteiger partial charge on any atom is -0.309 e. The zero-order valence-corrected chi connectivity index (χ0v) is 28.0. The summed E-state index contributed by atoms with van der Waals surface area (Å²) in [6, 6.07) is 57.8. The van der Waals surface area contributed by atoms with Gasteiger partial charge in [0.05, 0.1) is 38.1 Å². The van der Waals surface area contributed by atoms with Crippen molar-refractivity contribution in [1.29, 1.82) is 0 Å². The molecule has 51 heavy (non-hydrogen) atoms. The lowest BCUT2D eigenvalue weighted by molar-refractivity contribution is 1.08. The smallest absolute Gasteiger partial charge is 0.165 e. The van der Waals surface area contributed by atoms with Gasteiger partial charge in [-0.2, -0.15) is 0 Å². The Morgan fingerprint density at radius 1 is 0.412 bits per heavy atom. The molecule has 0 bridgehead atoms. The fourth-order valence-corrected chi connectivity index (χ4v) is 8.36. The third-order valence-corrected chi connectivity index (χ3v) is 10.7. The van der Waals surface area contributed by atoms with Gasteiger partial charge in [0.25, 0.3) is 0 Å². The van der Waals surface area contributed by atoms with E-state index in [4.69, 9.17) is 21.6 Å². The van der Waals surface area contributed by atoms with E-state index >= 15 is 0 Å². The highest BCUT2D eigenvalue weighted by Gasteiger charge is 2.22. The molecule has 0 aliphatic heterocycles. The van der Waals surface area contributed by atoms with Crippen LogP contribution in [0.1, 0.15) is 0 Å². The first-order valence-corrected chi connectivity index (χ1v) is 17.5. The number of hydrogen-bond donors (Lipinski definition) is 0. The van der Waals surface area contributed by atoms with Crippen LogP contribution in [-0.4, -0.2) is 19.1 Å². The van der Waals surface area contributed by atoms with E-state index in [0.29, 0.717) is 5.02 Å². The number of aromatic nitrogens is 4. The second-order valence-electron chi connectivity index (χ2n) is 13.1. The van der Waals surface area contributed by atoms with Crippen LogP contribution < -0.4 is 0 Å². The van der Waals surface area contributed by atoms with Crippen molar-refractivity contribution >= 4 is 87.8 Å². The van der Waals surface area contributed by atoms with Crippen LogP contribution in [0.4, 0.5) is 0 Å². The summed E-state index contributed by atoms with van der Waals surface area (Å²) in [5.74, 6) is 0.746. The van der Waals surface area contributed by atoms with E-state index in [1.54, 1.807) is 0 Å². The van der Waals surface area contributed by atoms with Crippen LogP contribution in [0.5, 0.6) is 0 Å². The molecule has 0 spiro atoms. The number of para-hydroxylation sites is 3. The first-order valence-electron chi connectivity index (χ1n) is 17.1. The monoisotopic (exact) mass is 670 g/mol. The summed E-state index contributed by atoms with van der Waals surface area (Å²) in [5, 5.41) is 10.5. The highest BCUT2D eigenvalue weighted by atomic mass is 35.5. The van der Waals surface area contributed by atoms with Crippen molar-refractivity contribution in [3.05, 3.63) is 169 Å². The van der Waals surface area contributed by atoms with E-state index in [1.165, 1.54) is 43.4 Å². The molecule has 0 aliphatic rings. The molecule has 3 aromatic heterocycles. The Bertz CT molecular complexity index is 3130. The summed E-state index contributed by atoms with van der Waals surface area (Å²) in [7, 11) is 0. The summed E-state index contributed by atoms with van der Waals surface area (Å²) >= 11 is 6.85. The minimum atomic E-state index is 0.637. The fraction of sp³-hybridized carbons (Fsp3) is 0. The lowest BCUT2D eigenvalue weighted by Crippen LogP contribution is -2.04. The Morgan fingerprint density at radius 3 is 1.67 bits per heavy atom. The predicted octanol–water partition coefficient (Wildman–Crippen LogP) is 12.5. The van der Waals surface area contributed by atoms with Crippen molar-refractivity contribution in [3.63, 3.8) is 0 Å². The Hall–Kier alpha value is -6.49. The molecule has 11 aromatic rings. The molecular weight excluding hydrogens is 644 g/mol.